The summed E-state index contributed by atoms with van der Waals surface area (Å²) < 4.78 is 0. The molecule has 0 saturated carbocycles. The molecule has 0 spiro atoms. The molecular weight excluding hydrogens is 294 g/mol. The number of benzene rings is 2. The van der Waals surface area contributed by atoms with E-state index >= 15 is 0 Å². The Morgan fingerprint density at radius 2 is 1.77 bits per heavy atom. The Morgan fingerprint density at radius 3 is 2.55 bits per heavy atom. The number of rotatable bonds is 4. The lowest BCUT2D eigenvalue weighted by Gasteiger charge is -2.03. The molecule has 0 saturated heterocycles. The van der Waals surface area contributed by atoms with Crippen molar-refractivity contribution in [1.29, 1.82) is 0 Å². The Morgan fingerprint density at radius 1 is 1.05 bits per heavy atom. The molecule has 0 fully saturated rings. The molecule has 22 heavy (non-hydrogen) atoms. The number of nitrogens with one attached hydrogen (secondary N) is 1. The second kappa shape index (κ2) is 6.49. The Kier molecular flexibility index (Phi) is 4.25. The molecule has 2 aromatic carbocycles. The van der Waals surface area contributed by atoms with Gasteiger partial charge in [-0.2, -0.15) is 0 Å². The zero-order chi connectivity index (χ0) is 15.4. The first-order valence-corrected chi connectivity index (χ1v) is 7.77. The lowest BCUT2D eigenvalue weighted by Crippen LogP contribution is -2.12. The number of anilines is 1. The Hall–Kier alpha value is -2.53. The minimum Gasteiger partial charge on any atom is -0.296 e. The molecule has 0 aliphatic rings. The fourth-order valence-electron chi connectivity index (χ4n) is 2.14. The second-order valence-corrected chi connectivity index (χ2v) is 5.99. The van der Waals surface area contributed by atoms with E-state index in [2.05, 4.69) is 15.5 Å². The molecule has 3 rings (SSSR count). The highest BCUT2D eigenvalue weighted by Gasteiger charge is 2.12. The molecule has 1 amide bonds. The topological polar surface area (TPSA) is 54.9 Å². The van der Waals surface area contributed by atoms with E-state index in [0.717, 1.165) is 17.0 Å². The third-order valence-corrected chi connectivity index (χ3v) is 4.11. The van der Waals surface area contributed by atoms with Crippen LogP contribution in [0.15, 0.2) is 54.6 Å². The molecule has 0 aliphatic carbocycles. The molecule has 0 aliphatic heterocycles. The van der Waals surface area contributed by atoms with E-state index < -0.39 is 0 Å². The van der Waals surface area contributed by atoms with Gasteiger partial charge in [0.1, 0.15) is 5.01 Å². The summed E-state index contributed by atoms with van der Waals surface area (Å²) in [5, 5.41) is 12.4. The van der Waals surface area contributed by atoms with E-state index in [9.17, 15) is 4.79 Å². The molecular formula is C17H15N3OS. The number of amides is 1. The Balaban J connectivity index is 1.69. The fraction of sp³-hybridized carbons (Fsp3) is 0.118. The summed E-state index contributed by atoms with van der Waals surface area (Å²) in [6, 6.07) is 17.6. The molecule has 4 nitrogen and oxygen atoms in total. The molecule has 0 bridgehead atoms. The van der Waals surface area contributed by atoms with Crippen LogP contribution in [0.1, 0.15) is 26.5 Å². The van der Waals surface area contributed by atoms with Crippen molar-refractivity contribution in [3.8, 4) is 0 Å². The van der Waals surface area contributed by atoms with Crippen molar-refractivity contribution in [1.82, 2.24) is 10.2 Å². The Labute approximate surface area is 132 Å². The predicted molar refractivity (Wildman–Crippen MR) is 88.3 cm³/mol. The monoisotopic (exact) mass is 309 g/mol. The summed E-state index contributed by atoms with van der Waals surface area (Å²) >= 11 is 1.40. The standard InChI is InChI=1S/C17H15N3OS/c1-12-7-5-6-10-14(12)16(21)18-17-20-19-15(22-17)11-13-8-3-2-4-9-13/h2-10H,11H2,1H3,(H,18,20,21). The molecule has 1 aromatic heterocycles. The van der Waals surface area contributed by atoms with Gasteiger partial charge in [-0.25, -0.2) is 0 Å². The molecule has 1 heterocycles. The molecule has 110 valence electrons. The zero-order valence-corrected chi connectivity index (χ0v) is 12.9. The van der Waals surface area contributed by atoms with Gasteiger partial charge < -0.3 is 0 Å². The zero-order valence-electron chi connectivity index (χ0n) is 12.1. The van der Waals surface area contributed by atoms with Gasteiger partial charge in [0, 0.05) is 12.0 Å². The van der Waals surface area contributed by atoms with Gasteiger partial charge in [-0.1, -0.05) is 59.9 Å². The molecule has 5 heteroatoms. The first kappa shape index (κ1) is 14.4. The van der Waals surface area contributed by atoms with Crippen molar-refractivity contribution in [2.45, 2.75) is 13.3 Å². The third-order valence-electron chi connectivity index (χ3n) is 3.28. The number of carbonyl (C=O) groups excluding carboxylic acids is 1. The van der Waals surface area contributed by atoms with Crippen LogP contribution >= 0.6 is 11.3 Å². The highest BCUT2D eigenvalue weighted by Crippen LogP contribution is 2.19. The predicted octanol–water partition coefficient (Wildman–Crippen LogP) is 3.69. The lowest BCUT2D eigenvalue weighted by atomic mass is 10.1. The van der Waals surface area contributed by atoms with Crippen LogP contribution in [0.3, 0.4) is 0 Å². The quantitative estimate of drug-likeness (QED) is 0.799. The lowest BCUT2D eigenvalue weighted by molar-refractivity contribution is 0.102. The van der Waals surface area contributed by atoms with Gasteiger partial charge in [0.05, 0.1) is 0 Å². The van der Waals surface area contributed by atoms with Crippen molar-refractivity contribution in [2.24, 2.45) is 0 Å². The Bertz CT molecular complexity index is 783. The summed E-state index contributed by atoms with van der Waals surface area (Å²) in [5.41, 5.74) is 2.77. The van der Waals surface area contributed by atoms with E-state index in [1.54, 1.807) is 6.07 Å². The highest BCUT2D eigenvalue weighted by molar-refractivity contribution is 7.15. The van der Waals surface area contributed by atoms with Crippen LogP contribution in [0.5, 0.6) is 0 Å². The maximum Gasteiger partial charge on any atom is 0.257 e. The summed E-state index contributed by atoms with van der Waals surface area (Å²) in [5.74, 6) is -0.152. The van der Waals surface area contributed by atoms with Crippen LogP contribution in [-0.4, -0.2) is 16.1 Å². The van der Waals surface area contributed by atoms with Crippen molar-refractivity contribution >= 4 is 22.4 Å². The van der Waals surface area contributed by atoms with Gasteiger partial charge in [-0.15, -0.1) is 10.2 Å². The minimum atomic E-state index is -0.152. The van der Waals surface area contributed by atoms with Crippen LogP contribution in [0.2, 0.25) is 0 Å². The fourth-order valence-corrected chi connectivity index (χ4v) is 2.91. The first-order valence-electron chi connectivity index (χ1n) is 6.95. The van der Waals surface area contributed by atoms with Crippen LogP contribution in [0.25, 0.3) is 0 Å². The van der Waals surface area contributed by atoms with Crippen molar-refractivity contribution in [3.05, 3.63) is 76.3 Å². The molecule has 0 radical (unpaired) electrons. The number of aromatic nitrogens is 2. The van der Waals surface area contributed by atoms with E-state index in [4.69, 9.17) is 0 Å². The number of aryl methyl sites for hydroxylation is 1. The second-order valence-electron chi connectivity index (χ2n) is 4.93. The molecule has 3 aromatic rings. The largest absolute Gasteiger partial charge is 0.296 e. The van der Waals surface area contributed by atoms with Crippen LogP contribution in [-0.2, 0) is 6.42 Å². The van der Waals surface area contributed by atoms with Crippen LogP contribution < -0.4 is 5.32 Å². The van der Waals surface area contributed by atoms with Gasteiger partial charge in [-0.3, -0.25) is 10.1 Å². The first-order chi connectivity index (χ1) is 10.7. The van der Waals surface area contributed by atoms with Gasteiger partial charge in [0.2, 0.25) is 5.13 Å². The average molecular weight is 309 g/mol. The molecule has 0 atom stereocenters. The maximum absolute atomic E-state index is 12.2. The highest BCUT2D eigenvalue weighted by atomic mass is 32.1. The van der Waals surface area contributed by atoms with Gasteiger partial charge >= 0.3 is 0 Å². The van der Waals surface area contributed by atoms with Gasteiger partial charge in [-0.05, 0) is 24.1 Å². The SMILES string of the molecule is Cc1ccccc1C(=O)Nc1nnc(Cc2ccccc2)s1. The van der Waals surface area contributed by atoms with Crippen LogP contribution in [0.4, 0.5) is 5.13 Å². The molecule has 0 unspecified atom stereocenters. The summed E-state index contributed by atoms with van der Waals surface area (Å²) in [6.45, 7) is 1.91. The third kappa shape index (κ3) is 3.38. The van der Waals surface area contributed by atoms with Crippen molar-refractivity contribution in [2.75, 3.05) is 5.32 Å². The van der Waals surface area contributed by atoms with Crippen molar-refractivity contribution in [3.63, 3.8) is 0 Å². The number of hydrogen-bond acceptors (Lipinski definition) is 4. The summed E-state index contributed by atoms with van der Waals surface area (Å²) in [4.78, 5) is 12.2. The van der Waals surface area contributed by atoms with E-state index in [0.29, 0.717) is 10.7 Å². The summed E-state index contributed by atoms with van der Waals surface area (Å²) in [6.07, 6.45) is 0.721. The van der Waals surface area contributed by atoms with Gasteiger partial charge in [0.15, 0.2) is 0 Å². The number of carbonyl (C=O) groups is 1. The van der Waals surface area contributed by atoms with Gasteiger partial charge in [0.25, 0.3) is 5.91 Å². The van der Waals surface area contributed by atoms with E-state index in [-0.39, 0.29) is 5.91 Å². The minimum absolute atomic E-state index is 0.152. The molecule has 1 N–H and O–H groups in total. The smallest absolute Gasteiger partial charge is 0.257 e. The number of hydrogen-bond donors (Lipinski definition) is 1. The number of nitrogens with zero attached hydrogens (tertiary/aromatic N) is 2. The van der Waals surface area contributed by atoms with Crippen LogP contribution in [0, 0.1) is 6.92 Å². The maximum atomic E-state index is 12.2. The normalized spacial score (nSPS) is 10.4. The summed E-state index contributed by atoms with van der Waals surface area (Å²) in [7, 11) is 0. The average Bonchev–Trinajstić information content (AvgIpc) is 2.95. The van der Waals surface area contributed by atoms with Crippen molar-refractivity contribution < 1.29 is 4.79 Å². The van der Waals surface area contributed by atoms with E-state index in [1.165, 1.54) is 16.9 Å². The van der Waals surface area contributed by atoms with E-state index in [1.807, 2.05) is 55.5 Å².